The fourth-order valence-electron chi connectivity index (χ4n) is 3.08. The Morgan fingerprint density at radius 2 is 1.46 bits per heavy atom. The van der Waals surface area contributed by atoms with Gasteiger partial charge in [-0.3, -0.25) is 9.59 Å². The lowest BCUT2D eigenvalue weighted by molar-refractivity contribution is -0.138. The molecule has 1 heterocycles. The molecule has 4 nitrogen and oxygen atoms in total. The Kier molecular flexibility index (Phi) is 5.66. The van der Waals surface area contributed by atoms with Crippen LogP contribution >= 0.6 is 0 Å². The Morgan fingerprint density at radius 3 is 2.04 bits per heavy atom. The van der Waals surface area contributed by atoms with E-state index in [-0.39, 0.29) is 17.5 Å². The van der Waals surface area contributed by atoms with Gasteiger partial charge in [0.1, 0.15) is 11.6 Å². The highest BCUT2D eigenvalue weighted by atomic mass is 19.1. The molecule has 1 amide bonds. The Morgan fingerprint density at radius 1 is 0.923 bits per heavy atom. The Balaban J connectivity index is 1.62. The Labute approximate surface area is 152 Å². The number of rotatable bonds is 5. The minimum Gasteiger partial charge on any atom is -0.481 e. The van der Waals surface area contributed by atoms with Crippen molar-refractivity contribution in [2.75, 3.05) is 13.1 Å². The first-order chi connectivity index (χ1) is 12.5. The summed E-state index contributed by atoms with van der Waals surface area (Å²) in [6.45, 7) is 3.32. The molecule has 0 bridgehead atoms. The SMILES string of the molecule is C[C@H](Oc1ccc(C(=O)c2ccc(F)cc2)cc1)C(=O)N1CCCCC1. The van der Waals surface area contributed by atoms with Crippen LogP contribution in [0.1, 0.15) is 42.1 Å². The molecule has 5 heteroatoms. The van der Waals surface area contributed by atoms with Crippen LogP contribution < -0.4 is 4.74 Å². The van der Waals surface area contributed by atoms with Crippen LogP contribution in [-0.2, 0) is 4.79 Å². The van der Waals surface area contributed by atoms with E-state index in [1.54, 1.807) is 31.2 Å². The van der Waals surface area contributed by atoms with Gasteiger partial charge in [-0.2, -0.15) is 0 Å². The number of carbonyl (C=O) groups is 2. The second-order valence-electron chi connectivity index (χ2n) is 6.51. The molecule has 1 atom stereocenters. The molecule has 1 fully saturated rings. The lowest BCUT2D eigenvalue weighted by atomic mass is 10.0. The van der Waals surface area contributed by atoms with Gasteiger partial charge in [-0.1, -0.05) is 0 Å². The normalized spacial score (nSPS) is 15.4. The number of ketones is 1. The number of hydrogen-bond donors (Lipinski definition) is 0. The summed E-state index contributed by atoms with van der Waals surface area (Å²) in [5.41, 5.74) is 0.910. The number of amides is 1. The van der Waals surface area contributed by atoms with Gasteiger partial charge >= 0.3 is 0 Å². The van der Waals surface area contributed by atoms with E-state index in [2.05, 4.69) is 0 Å². The summed E-state index contributed by atoms with van der Waals surface area (Å²) in [4.78, 5) is 26.6. The molecule has 0 N–H and O–H groups in total. The largest absolute Gasteiger partial charge is 0.481 e. The van der Waals surface area contributed by atoms with Gasteiger partial charge in [0.15, 0.2) is 11.9 Å². The zero-order valence-electron chi connectivity index (χ0n) is 14.8. The quantitative estimate of drug-likeness (QED) is 0.766. The second-order valence-corrected chi connectivity index (χ2v) is 6.51. The van der Waals surface area contributed by atoms with E-state index < -0.39 is 6.10 Å². The summed E-state index contributed by atoms with van der Waals surface area (Å²) in [6, 6.07) is 12.1. The van der Waals surface area contributed by atoms with E-state index >= 15 is 0 Å². The average molecular weight is 355 g/mol. The molecule has 1 aliphatic rings. The fraction of sp³-hybridized carbons (Fsp3) is 0.333. The van der Waals surface area contributed by atoms with E-state index in [0.717, 1.165) is 25.9 Å². The van der Waals surface area contributed by atoms with E-state index in [1.807, 2.05) is 4.90 Å². The van der Waals surface area contributed by atoms with Crippen molar-refractivity contribution in [3.8, 4) is 5.75 Å². The van der Waals surface area contributed by atoms with Crippen molar-refractivity contribution in [1.29, 1.82) is 0 Å². The average Bonchev–Trinajstić information content (AvgIpc) is 2.68. The summed E-state index contributed by atoms with van der Waals surface area (Å²) in [6.07, 6.45) is 2.69. The summed E-state index contributed by atoms with van der Waals surface area (Å²) in [5.74, 6) is -0.0265. The lowest BCUT2D eigenvalue weighted by Crippen LogP contribution is -2.43. The molecule has 0 aliphatic carbocycles. The molecule has 1 saturated heterocycles. The van der Waals surface area contributed by atoms with E-state index in [4.69, 9.17) is 4.74 Å². The number of nitrogens with zero attached hydrogens (tertiary/aromatic N) is 1. The first kappa shape index (κ1) is 18.1. The van der Waals surface area contributed by atoms with Crippen LogP contribution in [0.2, 0.25) is 0 Å². The first-order valence-corrected chi connectivity index (χ1v) is 8.90. The van der Waals surface area contributed by atoms with Crippen molar-refractivity contribution in [1.82, 2.24) is 4.90 Å². The minimum absolute atomic E-state index is 0.00355. The zero-order valence-corrected chi connectivity index (χ0v) is 14.8. The minimum atomic E-state index is -0.563. The van der Waals surface area contributed by atoms with Gasteiger partial charge < -0.3 is 9.64 Å². The monoisotopic (exact) mass is 355 g/mol. The van der Waals surface area contributed by atoms with Crippen molar-refractivity contribution >= 4 is 11.7 Å². The van der Waals surface area contributed by atoms with Crippen LogP contribution in [0.5, 0.6) is 5.75 Å². The van der Waals surface area contributed by atoms with Crippen molar-refractivity contribution in [2.24, 2.45) is 0 Å². The third-order valence-electron chi connectivity index (χ3n) is 4.55. The molecule has 0 radical (unpaired) electrons. The zero-order chi connectivity index (χ0) is 18.5. The van der Waals surface area contributed by atoms with Gasteiger partial charge in [0.25, 0.3) is 5.91 Å². The Hall–Kier alpha value is -2.69. The topological polar surface area (TPSA) is 46.6 Å². The van der Waals surface area contributed by atoms with Gasteiger partial charge in [-0.15, -0.1) is 0 Å². The molecule has 3 rings (SSSR count). The maximum Gasteiger partial charge on any atom is 0.263 e. The molecule has 0 aromatic heterocycles. The summed E-state index contributed by atoms with van der Waals surface area (Å²) in [7, 11) is 0. The maximum atomic E-state index is 13.0. The highest BCUT2D eigenvalue weighted by Crippen LogP contribution is 2.18. The fourth-order valence-corrected chi connectivity index (χ4v) is 3.08. The van der Waals surface area contributed by atoms with Crippen LogP contribution in [0, 0.1) is 5.82 Å². The van der Waals surface area contributed by atoms with Crippen molar-refractivity contribution < 1.29 is 18.7 Å². The number of likely N-dealkylation sites (tertiary alicyclic amines) is 1. The van der Waals surface area contributed by atoms with Crippen molar-refractivity contribution in [3.05, 3.63) is 65.5 Å². The maximum absolute atomic E-state index is 13.0. The molecule has 0 saturated carbocycles. The van der Waals surface area contributed by atoms with E-state index in [0.29, 0.717) is 16.9 Å². The third kappa shape index (κ3) is 4.28. The predicted octanol–water partition coefficient (Wildman–Crippen LogP) is 3.84. The number of ether oxygens (including phenoxy) is 1. The summed E-state index contributed by atoms with van der Waals surface area (Å²) in [5, 5.41) is 0. The van der Waals surface area contributed by atoms with E-state index in [9.17, 15) is 14.0 Å². The molecule has 1 aliphatic heterocycles. The molecule has 136 valence electrons. The number of halogens is 1. The second kappa shape index (κ2) is 8.13. The molecule has 0 spiro atoms. The third-order valence-corrected chi connectivity index (χ3v) is 4.55. The summed E-state index contributed by atoms with van der Waals surface area (Å²) >= 11 is 0. The van der Waals surface area contributed by atoms with Gasteiger partial charge in [-0.25, -0.2) is 4.39 Å². The van der Waals surface area contributed by atoms with E-state index in [1.165, 1.54) is 30.7 Å². The summed E-state index contributed by atoms with van der Waals surface area (Å²) < 4.78 is 18.7. The van der Waals surface area contributed by atoms with Gasteiger partial charge in [-0.05, 0) is 74.7 Å². The van der Waals surface area contributed by atoms with Gasteiger partial charge in [0.2, 0.25) is 0 Å². The first-order valence-electron chi connectivity index (χ1n) is 8.90. The molecule has 2 aromatic carbocycles. The van der Waals surface area contributed by atoms with Crippen molar-refractivity contribution in [2.45, 2.75) is 32.3 Å². The van der Waals surface area contributed by atoms with Crippen LogP contribution in [0.25, 0.3) is 0 Å². The molecule has 26 heavy (non-hydrogen) atoms. The number of carbonyl (C=O) groups excluding carboxylic acids is 2. The number of benzene rings is 2. The smallest absolute Gasteiger partial charge is 0.263 e. The number of piperidine rings is 1. The standard InChI is InChI=1S/C21H22FNO3/c1-15(21(25)23-13-3-2-4-14-23)26-19-11-7-17(8-12-19)20(24)16-5-9-18(22)10-6-16/h5-12,15H,2-4,13-14H2,1H3/t15-/m0/s1. The van der Waals surface area contributed by atoms with Crippen LogP contribution in [0.4, 0.5) is 4.39 Å². The van der Waals surface area contributed by atoms with Crippen LogP contribution in [-0.4, -0.2) is 35.8 Å². The predicted molar refractivity (Wildman–Crippen MR) is 96.8 cm³/mol. The van der Waals surface area contributed by atoms with Gasteiger partial charge in [0, 0.05) is 24.2 Å². The molecule has 0 unspecified atom stereocenters. The van der Waals surface area contributed by atoms with Gasteiger partial charge in [0.05, 0.1) is 0 Å². The molecular formula is C21H22FNO3. The van der Waals surface area contributed by atoms with Crippen molar-refractivity contribution in [3.63, 3.8) is 0 Å². The molecular weight excluding hydrogens is 333 g/mol. The van der Waals surface area contributed by atoms with Crippen LogP contribution in [0.15, 0.2) is 48.5 Å². The lowest BCUT2D eigenvalue weighted by Gasteiger charge is -2.29. The van der Waals surface area contributed by atoms with Crippen LogP contribution in [0.3, 0.4) is 0 Å². The number of hydrogen-bond acceptors (Lipinski definition) is 3. The Bertz CT molecular complexity index is 765. The highest BCUT2D eigenvalue weighted by molar-refractivity contribution is 6.09. The highest BCUT2D eigenvalue weighted by Gasteiger charge is 2.23. The molecule has 2 aromatic rings.